The third-order valence-corrected chi connectivity index (χ3v) is 10.8. The van der Waals surface area contributed by atoms with Gasteiger partial charge >= 0.3 is 14.1 Å². The first kappa shape index (κ1) is 53.3. The largest absolute Gasteiger partial charge is 0.437 e. The summed E-state index contributed by atoms with van der Waals surface area (Å²) in [6, 6.07) is 0. The minimum absolute atomic E-state index is 0.236. The van der Waals surface area contributed by atoms with Crippen LogP contribution in [-0.4, -0.2) is 82.4 Å². The predicted molar refractivity (Wildman–Crippen MR) is 238 cm³/mol. The Morgan fingerprint density at radius 2 is 0.796 bits per heavy atom. The molecule has 320 valence electrons. The van der Waals surface area contributed by atoms with Crippen LogP contribution in [0.5, 0.6) is 0 Å². The van der Waals surface area contributed by atoms with E-state index in [2.05, 4.69) is 26.4 Å². The van der Waals surface area contributed by atoms with Gasteiger partial charge < -0.3 is 42.2 Å². The van der Waals surface area contributed by atoms with E-state index in [1.165, 1.54) is 154 Å². The molecule has 9 N–H and O–H groups in total. The lowest BCUT2D eigenvalue weighted by Gasteiger charge is -2.19. The molecule has 0 saturated heterocycles. The topological polar surface area (TPSA) is 144 Å². The summed E-state index contributed by atoms with van der Waals surface area (Å²) in [6.07, 6.45) is 39.5. The number of nitrogens with two attached hydrogens (primary N) is 1. The second-order valence-corrected chi connectivity index (χ2v) is 16.5. The highest BCUT2D eigenvalue weighted by Crippen LogP contribution is 2.15. The van der Waals surface area contributed by atoms with Crippen molar-refractivity contribution in [2.75, 3.05) is 52.4 Å². The van der Waals surface area contributed by atoms with Crippen LogP contribution in [-0.2, 0) is 4.79 Å². The minimum Gasteiger partial charge on any atom is -0.437 e. The zero-order valence-corrected chi connectivity index (χ0v) is 36.2. The van der Waals surface area contributed by atoms with Gasteiger partial charge in [-0.05, 0) is 117 Å². The number of rotatable bonds is 46. The summed E-state index contributed by atoms with van der Waals surface area (Å²) >= 11 is 0. The second kappa shape index (κ2) is 45.0. The molecule has 0 radical (unpaired) electrons. The van der Waals surface area contributed by atoms with Crippen LogP contribution in [0.15, 0.2) is 0 Å². The van der Waals surface area contributed by atoms with E-state index >= 15 is 0 Å². The van der Waals surface area contributed by atoms with Crippen LogP contribution in [0.4, 0.5) is 0 Å². The molecule has 0 fully saturated rings. The number of hydrogen-bond donors (Lipinski definition) is 8. The van der Waals surface area contributed by atoms with Gasteiger partial charge in [-0.2, -0.15) is 0 Å². The van der Waals surface area contributed by atoms with E-state index in [0.29, 0.717) is 12.3 Å². The number of hydrogen-bond acceptors (Lipinski definition) is 8. The zero-order valence-electron chi connectivity index (χ0n) is 36.2. The van der Waals surface area contributed by atoms with Crippen LogP contribution in [0.3, 0.4) is 0 Å². The first-order valence-corrected chi connectivity index (χ1v) is 23.7. The van der Waals surface area contributed by atoms with E-state index in [1.807, 2.05) is 0 Å². The molecule has 1 amide bonds. The SMILES string of the molecule is CB(O)NCCCCNCC(CCCCCCNC(=O)CCCCCCCCCCCCCCCCCCCCCCCN)CNCCCCNB(C)O. The average Bonchev–Trinajstić information content (AvgIpc) is 3.15. The standard InChI is InChI=1S/C43H94B2N6O3/c1-44(53)50-38-30-28-35-47-40-42(41-48-36-29-31-39-51-45(2)54)32-24-21-23-27-37-49-43(52)33-25-20-18-16-14-12-10-8-6-4-3-5-7-9-11-13-15-17-19-22-26-34-46/h42,47-48,50-51,53-54H,3-41,46H2,1-2H3,(H,49,52). The molecular weight excluding hydrogens is 670 g/mol. The molecule has 0 rings (SSSR count). The molecule has 54 heavy (non-hydrogen) atoms. The maximum absolute atomic E-state index is 12.3. The molecule has 0 aliphatic rings. The van der Waals surface area contributed by atoms with Gasteiger partial charge in [0, 0.05) is 13.0 Å². The molecule has 0 aromatic carbocycles. The monoisotopic (exact) mass is 765 g/mol. The maximum atomic E-state index is 12.3. The normalized spacial score (nSPS) is 11.5. The summed E-state index contributed by atoms with van der Waals surface area (Å²) < 4.78 is 0. The van der Waals surface area contributed by atoms with Crippen molar-refractivity contribution in [3.63, 3.8) is 0 Å². The van der Waals surface area contributed by atoms with Crippen LogP contribution in [0.1, 0.15) is 199 Å². The lowest BCUT2D eigenvalue weighted by Crippen LogP contribution is -2.34. The van der Waals surface area contributed by atoms with Gasteiger partial charge in [0.25, 0.3) is 0 Å². The van der Waals surface area contributed by atoms with Gasteiger partial charge in [0.05, 0.1) is 0 Å². The molecule has 9 nitrogen and oxygen atoms in total. The molecule has 0 saturated carbocycles. The zero-order chi connectivity index (χ0) is 39.4. The highest BCUT2D eigenvalue weighted by molar-refractivity contribution is 6.45. The third-order valence-electron chi connectivity index (χ3n) is 10.8. The van der Waals surface area contributed by atoms with E-state index in [4.69, 9.17) is 5.73 Å². The van der Waals surface area contributed by atoms with Crippen molar-refractivity contribution in [2.24, 2.45) is 11.7 Å². The van der Waals surface area contributed by atoms with E-state index in [-0.39, 0.29) is 5.91 Å². The van der Waals surface area contributed by atoms with Crippen molar-refractivity contribution >= 4 is 20.0 Å². The smallest absolute Gasteiger partial charge is 0.373 e. The van der Waals surface area contributed by atoms with Crippen molar-refractivity contribution < 1.29 is 14.8 Å². The van der Waals surface area contributed by atoms with Crippen LogP contribution < -0.4 is 32.1 Å². The van der Waals surface area contributed by atoms with Gasteiger partial charge in [-0.1, -0.05) is 141 Å². The molecule has 0 heterocycles. The Kier molecular flexibility index (Phi) is 44.5. The maximum Gasteiger partial charge on any atom is 0.373 e. The fourth-order valence-electron chi connectivity index (χ4n) is 7.28. The summed E-state index contributed by atoms with van der Waals surface area (Å²) in [4.78, 5) is 12.3. The Morgan fingerprint density at radius 1 is 0.463 bits per heavy atom. The Balaban J connectivity index is 3.63. The van der Waals surface area contributed by atoms with Gasteiger partial charge in [0.2, 0.25) is 5.91 Å². The van der Waals surface area contributed by atoms with Gasteiger partial charge in [-0.25, -0.2) is 0 Å². The Labute approximate surface area is 337 Å². The van der Waals surface area contributed by atoms with E-state index in [0.717, 1.165) is 90.9 Å². The Morgan fingerprint density at radius 3 is 1.20 bits per heavy atom. The lowest BCUT2D eigenvalue weighted by atomic mass is 9.89. The molecule has 0 unspecified atom stereocenters. The fraction of sp³-hybridized carbons (Fsp3) is 0.977. The summed E-state index contributed by atoms with van der Waals surface area (Å²) in [5.74, 6) is 0.855. The molecule has 0 aromatic rings. The minimum atomic E-state index is -0.431. The van der Waals surface area contributed by atoms with E-state index in [9.17, 15) is 14.8 Å². The van der Waals surface area contributed by atoms with Crippen molar-refractivity contribution in [1.82, 2.24) is 26.4 Å². The van der Waals surface area contributed by atoms with Gasteiger partial charge in [0.15, 0.2) is 0 Å². The van der Waals surface area contributed by atoms with Gasteiger partial charge in [0.1, 0.15) is 0 Å². The molecule has 0 spiro atoms. The quantitative estimate of drug-likeness (QED) is 0.0228. The summed E-state index contributed by atoms with van der Waals surface area (Å²) in [5, 5.41) is 35.3. The summed E-state index contributed by atoms with van der Waals surface area (Å²) in [6.45, 7) is 11.0. The summed E-state index contributed by atoms with van der Waals surface area (Å²) in [7, 11) is -0.863. The highest BCUT2D eigenvalue weighted by atomic mass is 16.2. The summed E-state index contributed by atoms with van der Waals surface area (Å²) in [5.41, 5.74) is 5.56. The predicted octanol–water partition coefficient (Wildman–Crippen LogP) is 8.35. The highest BCUT2D eigenvalue weighted by Gasteiger charge is 2.09. The van der Waals surface area contributed by atoms with Crippen LogP contribution in [0.2, 0.25) is 13.6 Å². The molecule has 0 aliphatic heterocycles. The number of carbonyl (C=O) groups is 1. The second-order valence-electron chi connectivity index (χ2n) is 16.5. The first-order valence-electron chi connectivity index (χ1n) is 23.7. The molecule has 11 heteroatoms. The van der Waals surface area contributed by atoms with Crippen LogP contribution in [0.25, 0.3) is 0 Å². The van der Waals surface area contributed by atoms with E-state index in [1.54, 1.807) is 13.6 Å². The number of unbranched alkanes of at least 4 members (excludes halogenated alkanes) is 25. The Bertz CT molecular complexity index is 719. The molecule has 0 aromatic heterocycles. The first-order chi connectivity index (χ1) is 26.5. The Hall–Kier alpha value is -0.680. The number of amides is 1. The van der Waals surface area contributed by atoms with E-state index < -0.39 is 14.1 Å². The average molecular weight is 765 g/mol. The lowest BCUT2D eigenvalue weighted by molar-refractivity contribution is -0.121. The number of nitrogens with one attached hydrogen (secondary N) is 5. The fourth-order valence-corrected chi connectivity index (χ4v) is 7.28. The van der Waals surface area contributed by atoms with Crippen molar-refractivity contribution in [3.05, 3.63) is 0 Å². The van der Waals surface area contributed by atoms with Crippen molar-refractivity contribution in [3.8, 4) is 0 Å². The third kappa shape index (κ3) is 45.7. The van der Waals surface area contributed by atoms with Crippen molar-refractivity contribution in [2.45, 2.75) is 213 Å². The molecule has 0 bridgehead atoms. The molecule has 0 atom stereocenters. The molecule has 0 aliphatic carbocycles. The van der Waals surface area contributed by atoms with Gasteiger partial charge in [-0.3, -0.25) is 4.79 Å². The number of carbonyl (C=O) groups excluding carboxylic acids is 1. The van der Waals surface area contributed by atoms with Crippen LogP contribution >= 0.6 is 0 Å². The van der Waals surface area contributed by atoms with Crippen molar-refractivity contribution in [1.29, 1.82) is 0 Å². The molecular formula is C43H94B2N6O3. The van der Waals surface area contributed by atoms with Crippen LogP contribution in [0, 0.1) is 5.92 Å². The van der Waals surface area contributed by atoms with Gasteiger partial charge in [-0.15, -0.1) is 0 Å².